The lowest BCUT2D eigenvalue weighted by atomic mass is 10.1. The zero-order valence-electron chi connectivity index (χ0n) is 39.7. The molecule has 0 radical (unpaired) electrons. The van der Waals surface area contributed by atoms with Crippen molar-refractivity contribution in [2.75, 3.05) is 13.2 Å². The van der Waals surface area contributed by atoms with Crippen molar-refractivity contribution in [1.29, 1.82) is 0 Å². The summed E-state index contributed by atoms with van der Waals surface area (Å²) >= 11 is 0. The summed E-state index contributed by atoms with van der Waals surface area (Å²) in [6, 6.07) is 0. The van der Waals surface area contributed by atoms with Crippen molar-refractivity contribution in [3.05, 3.63) is 85.1 Å². The minimum absolute atomic E-state index is 0.117. The van der Waals surface area contributed by atoms with Crippen LogP contribution >= 0.6 is 0 Å². The van der Waals surface area contributed by atoms with E-state index in [9.17, 15) is 14.4 Å². The highest BCUT2D eigenvalue weighted by atomic mass is 16.6. The van der Waals surface area contributed by atoms with E-state index in [1.807, 2.05) is 6.08 Å². The quantitative estimate of drug-likeness (QED) is 0.0200. The van der Waals surface area contributed by atoms with Crippen molar-refractivity contribution in [2.24, 2.45) is 0 Å². The Balaban J connectivity index is 4.44. The highest BCUT2D eigenvalue weighted by molar-refractivity contribution is 5.71. The van der Waals surface area contributed by atoms with Gasteiger partial charge in [0, 0.05) is 19.3 Å². The first-order valence-electron chi connectivity index (χ1n) is 25.1. The summed E-state index contributed by atoms with van der Waals surface area (Å²) in [5.74, 6) is -1.05. The minimum Gasteiger partial charge on any atom is -0.462 e. The predicted octanol–water partition coefficient (Wildman–Crippen LogP) is 16.4. The maximum atomic E-state index is 12.7. The van der Waals surface area contributed by atoms with Gasteiger partial charge in [0.05, 0.1) is 0 Å². The normalized spacial score (nSPS) is 12.8. The largest absolute Gasteiger partial charge is 0.462 e. The van der Waals surface area contributed by atoms with Crippen LogP contribution in [0, 0.1) is 0 Å². The lowest BCUT2D eigenvalue weighted by molar-refractivity contribution is -0.166. The Labute approximate surface area is 375 Å². The molecule has 1 atom stereocenters. The van der Waals surface area contributed by atoms with Gasteiger partial charge >= 0.3 is 17.9 Å². The van der Waals surface area contributed by atoms with Crippen LogP contribution in [-0.2, 0) is 28.6 Å². The Kier molecular flexibility index (Phi) is 46.5. The number of ether oxygens (including phenoxy) is 3. The number of unbranched alkanes of at least 4 members (excludes halogenated alkanes) is 20. The molecular formula is C55H92O6. The van der Waals surface area contributed by atoms with Gasteiger partial charge in [-0.25, -0.2) is 0 Å². The fourth-order valence-corrected chi connectivity index (χ4v) is 6.63. The van der Waals surface area contributed by atoms with Crippen LogP contribution < -0.4 is 0 Å². The summed E-state index contributed by atoms with van der Waals surface area (Å²) < 4.78 is 16.6. The molecule has 1 unspecified atom stereocenters. The fraction of sp³-hybridized carbons (Fsp3) is 0.691. The van der Waals surface area contributed by atoms with Gasteiger partial charge in [-0.3, -0.25) is 14.4 Å². The zero-order chi connectivity index (χ0) is 44.4. The lowest BCUT2D eigenvalue weighted by Crippen LogP contribution is -2.30. The molecule has 0 aromatic rings. The van der Waals surface area contributed by atoms with Gasteiger partial charge in [0.25, 0.3) is 0 Å². The maximum absolute atomic E-state index is 12.7. The van der Waals surface area contributed by atoms with E-state index < -0.39 is 12.1 Å². The minimum atomic E-state index is -0.827. The monoisotopic (exact) mass is 849 g/mol. The van der Waals surface area contributed by atoms with Gasteiger partial charge in [-0.05, 0) is 89.9 Å². The van der Waals surface area contributed by atoms with E-state index in [0.29, 0.717) is 19.3 Å². The van der Waals surface area contributed by atoms with E-state index in [-0.39, 0.29) is 38.0 Å². The van der Waals surface area contributed by atoms with Gasteiger partial charge in [-0.2, -0.15) is 0 Å². The second-order valence-corrected chi connectivity index (χ2v) is 16.4. The lowest BCUT2D eigenvalue weighted by Gasteiger charge is -2.18. The van der Waals surface area contributed by atoms with Gasteiger partial charge < -0.3 is 14.2 Å². The molecule has 0 bridgehead atoms. The molecule has 0 amide bonds. The van der Waals surface area contributed by atoms with Crippen LogP contribution in [-0.4, -0.2) is 37.2 Å². The highest BCUT2D eigenvalue weighted by Gasteiger charge is 2.19. The van der Waals surface area contributed by atoms with E-state index in [0.717, 1.165) is 57.8 Å². The fourth-order valence-electron chi connectivity index (χ4n) is 6.63. The van der Waals surface area contributed by atoms with E-state index in [1.54, 1.807) is 0 Å². The first-order chi connectivity index (χ1) is 30.0. The molecule has 0 saturated carbocycles. The zero-order valence-corrected chi connectivity index (χ0v) is 39.7. The van der Waals surface area contributed by atoms with Gasteiger partial charge in [-0.1, -0.05) is 202 Å². The van der Waals surface area contributed by atoms with Gasteiger partial charge in [-0.15, -0.1) is 0 Å². The van der Waals surface area contributed by atoms with Crippen molar-refractivity contribution in [1.82, 2.24) is 0 Å². The van der Waals surface area contributed by atoms with E-state index in [1.165, 1.54) is 116 Å². The number of esters is 3. The summed E-state index contributed by atoms with van der Waals surface area (Å²) in [5, 5.41) is 0. The van der Waals surface area contributed by atoms with Crippen molar-refractivity contribution < 1.29 is 28.6 Å². The molecule has 0 rings (SSSR count). The Hall–Kier alpha value is -3.41. The third-order valence-corrected chi connectivity index (χ3v) is 10.4. The second-order valence-electron chi connectivity index (χ2n) is 16.4. The van der Waals surface area contributed by atoms with Crippen LogP contribution in [0.2, 0.25) is 0 Å². The smallest absolute Gasteiger partial charge is 0.306 e. The Morgan fingerprint density at radius 1 is 0.361 bits per heavy atom. The molecule has 61 heavy (non-hydrogen) atoms. The maximum Gasteiger partial charge on any atom is 0.306 e. The standard InChI is InChI=1S/C55H92O6/c1-4-7-10-13-16-19-22-24-25-26-27-28-29-31-33-36-39-42-45-48-54(57)60-51-52(50-59-53(56)47-44-41-38-35-32-21-18-15-12-9-6-3)61-55(58)49-46-43-40-37-34-30-23-20-17-14-11-8-5-2/h9,12,16,18-19,21-22,24,30,34-35,38,40,43,52H,4-8,10-11,13-15,17,20,23,25-29,31-33,36-37,39,41-42,44-51H2,1-3H3/b12-9-,19-16-,21-18-,24-22-,34-30-,38-35-,43-40-. The van der Waals surface area contributed by atoms with Gasteiger partial charge in [0.1, 0.15) is 13.2 Å². The molecule has 6 heteroatoms. The number of hydrogen-bond acceptors (Lipinski definition) is 6. The average molecular weight is 849 g/mol. The van der Waals surface area contributed by atoms with Crippen LogP contribution in [0.5, 0.6) is 0 Å². The summed E-state index contributed by atoms with van der Waals surface area (Å²) in [7, 11) is 0. The molecule has 348 valence electrons. The SMILES string of the molecule is CC/C=C\C/C=C\C/C=C\CCCC(=O)OCC(COC(=O)CCCCCCCCCCCC/C=C\C=C/CCCCC)OC(=O)CC/C=C\C/C=C\CCCCCCCC. The highest BCUT2D eigenvalue weighted by Crippen LogP contribution is 2.14. The third-order valence-electron chi connectivity index (χ3n) is 10.4. The van der Waals surface area contributed by atoms with Crippen molar-refractivity contribution in [2.45, 2.75) is 232 Å². The number of rotatable bonds is 44. The number of carbonyl (C=O) groups is 3. The Morgan fingerprint density at radius 3 is 1.26 bits per heavy atom. The van der Waals surface area contributed by atoms with Crippen LogP contribution in [0.3, 0.4) is 0 Å². The molecule has 0 aliphatic carbocycles. The molecular weight excluding hydrogens is 757 g/mol. The number of allylic oxidation sites excluding steroid dienone is 14. The van der Waals surface area contributed by atoms with Gasteiger partial charge in [0.2, 0.25) is 0 Å². The summed E-state index contributed by atoms with van der Waals surface area (Å²) in [6.07, 6.45) is 63.1. The molecule has 0 fully saturated rings. The topological polar surface area (TPSA) is 78.9 Å². The molecule has 0 N–H and O–H groups in total. The number of hydrogen-bond donors (Lipinski definition) is 0. The van der Waals surface area contributed by atoms with E-state index in [4.69, 9.17) is 14.2 Å². The van der Waals surface area contributed by atoms with Crippen LogP contribution in [0.15, 0.2) is 85.1 Å². The number of carbonyl (C=O) groups excluding carboxylic acids is 3. The first-order valence-corrected chi connectivity index (χ1v) is 25.1. The molecule has 0 aromatic carbocycles. The summed E-state index contributed by atoms with van der Waals surface area (Å²) in [5.41, 5.74) is 0. The van der Waals surface area contributed by atoms with Gasteiger partial charge in [0.15, 0.2) is 6.10 Å². The van der Waals surface area contributed by atoms with Crippen molar-refractivity contribution >= 4 is 17.9 Å². The molecule has 0 aliphatic rings. The summed E-state index contributed by atoms with van der Waals surface area (Å²) in [6.45, 7) is 6.37. The summed E-state index contributed by atoms with van der Waals surface area (Å²) in [4.78, 5) is 37.8. The molecule has 0 aromatic heterocycles. The van der Waals surface area contributed by atoms with Crippen LogP contribution in [0.4, 0.5) is 0 Å². The molecule has 0 heterocycles. The molecule has 0 spiro atoms. The van der Waals surface area contributed by atoms with Crippen LogP contribution in [0.25, 0.3) is 0 Å². The third kappa shape index (κ3) is 47.5. The molecule has 0 aliphatic heterocycles. The van der Waals surface area contributed by atoms with E-state index in [2.05, 4.69) is 99.8 Å². The average Bonchev–Trinajstić information content (AvgIpc) is 3.26. The predicted molar refractivity (Wildman–Crippen MR) is 261 cm³/mol. The molecule has 6 nitrogen and oxygen atoms in total. The van der Waals surface area contributed by atoms with Crippen LogP contribution in [0.1, 0.15) is 226 Å². The van der Waals surface area contributed by atoms with Crippen molar-refractivity contribution in [3.8, 4) is 0 Å². The van der Waals surface area contributed by atoms with E-state index >= 15 is 0 Å². The second kappa shape index (κ2) is 49.2. The Bertz CT molecular complexity index is 1200. The Morgan fingerprint density at radius 2 is 0.738 bits per heavy atom. The molecule has 0 saturated heterocycles. The first kappa shape index (κ1) is 57.6. The van der Waals surface area contributed by atoms with Crippen molar-refractivity contribution in [3.63, 3.8) is 0 Å².